The highest BCUT2D eigenvalue weighted by Crippen LogP contribution is 2.30. The van der Waals surface area contributed by atoms with E-state index >= 15 is 0 Å². The first-order valence-electron chi connectivity index (χ1n) is 10.7. The highest BCUT2D eigenvalue weighted by Gasteiger charge is 2.30. The topological polar surface area (TPSA) is 51.1 Å². The van der Waals surface area contributed by atoms with Gasteiger partial charge in [0.2, 0.25) is 0 Å². The van der Waals surface area contributed by atoms with Gasteiger partial charge >= 0.3 is 0 Å². The Morgan fingerprint density at radius 1 is 0.969 bits per heavy atom. The predicted octanol–water partition coefficient (Wildman–Crippen LogP) is 5.16. The van der Waals surface area contributed by atoms with E-state index < -0.39 is 0 Å². The fourth-order valence-electron chi connectivity index (χ4n) is 4.19. The molecule has 0 radical (unpaired) electrons. The maximum atomic E-state index is 13.6. The molecular formula is C27H24N2O3. The number of ether oxygens (including phenoxy) is 1. The first kappa shape index (κ1) is 20.2. The van der Waals surface area contributed by atoms with Crippen LogP contribution in [-0.2, 0) is 16.2 Å². The number of hydrogen-bond acceptors (Lipinski definition) is 4. The lowest BCUT2D eigenvalue weighted by Gasteiger charge is -2.28. The molecule has 1 amide bonds. The SMILES string of the molecule is COCc1ccc(C2=NOC(CN3C(=O)c4ccccc4/C=C\c4ccccc43)C2)cc1. The van der Waals surface area contributed by atoms with Crippen molar-refractivity contribution in [2.24, 2.45) is 5.16 Å². The number of para-hydroxylation sites is 1. The smallest absolute Gasteiger partial charge is 0.259 e. The Hall–Kier alpha value is -3.70. The van der Waals surface area contributed by atoms with Crippen LogP contribution in [0.2, 0.25) is 0 Å². The fraction of sp³-hybridized carbons (Fsp3) is 0.185. The Bertz CT molecular complexity index is 1200. The second-order valence-electron chi connectivity index (χ2n) is 7.99. The van der Waals surface area contributed by atoms with E-state index in [0.717, 1.165) is 33.7 Å². The van der Waals surface area contributed by atoms with Crippen LogP contribution >= 0.6 is 0 Å². The van der Waals surface area contributed by atoms with Crippen LogP contribution in [0.15, 0.2) is 78.0 Å². The number of benzene rings is 3. The van der Waals surface area contributed by atoms with Crippen molar-refractivity contribution in [3.63, 3.8) is 0 Å². The lowest BCUT2D eigenvalue weighted by molar-refractivity contribution is 0.0817. The number of methoxy groups -OCH3 is 1. The van der Waals surface area contributed by atoms with E-state index in [1.54, 1.807) is 7.11 Å². The van der Waals surface area contributed by atoms with Crippen LogP contribution in [0, 0.1) is 0 Å². The van der Waals surface area contributed by atoms with Crippen molar-refractivity contribution in [3.05, 3.63) is 101 Å². The summed E-state index contributed by atoms with van der Waals surface area (Å²) in [6.07, 6.45) is 4.50. The maximum absolute atomic E-state index is 13.6. The van der Waals surface area contributed by atoms with Gasteiger partial charge in [-0.25, -0.2) is 0 Å². The Balaban J connectivity index is 1.39. The molecule has 5 nitrogen and oxygen atoms in total. The molecule has 0 saturated carbocycles. The van der Waals surface area contributed by atoms with Gasteiger partial charge < -0.3 is 14.5 Å². The summed E-state index contributed by atoms with van der Waals surface area (Å²) in [6, 6.07) is 23.8. The van der Waals surface area contributed by atoms with Gasteiger partial charge in [-0.15, -0.1) is 0 Å². The number of carbonyl (C=O) groups excluding carboxylic acids is 1. The molecule has 3 aromatic carbocycles. The van der Waals surface area contributed by atoms with Gasteiger partial charge in [0, 0.05) is 19.1 Å². The molecule has 1 atom stereocenters. The van der Waals surface area contributed by atoms with Crippen molar-refractivity contribution >= 4 is 29.5 Å². The van der Waals surface area contributed by atoms with E-state index in [0.29, 0.717) is 25.1 Å². The first-order chi connectivity index (χ1) is 15.7. The van der Waals surface area contributed by atoms with Crippen LogP contribution in [-0.4, -0.2) is 31.4 Å². The number of amides is 1. The van der Waals surface area contributed by atoms with E-state index in [2.05, 4.69) is 11.2 Å². The van der Waals surface area contributed by atoms with Crippen LogP contribution in [0.3, 0.4) is 0 Å². The largest absolute Gasteiger partial charge is 0.390 e. The number of nitrogens with zero attached hydrogens (tertiary/aromatic N) is 2. The quantitative estimate of drug-likeness (QED) is 0.569. The number of fused-ring (bicyclic) bond motifs is 2. The van der Waals surface area contributed by atoms with Crippen LogP contribution in [0.4, 0.5) is 5.69 Å². The van der Waals surface area contributed by atoms with Crippen LogP contribution in [0.5, 0.6) is 0 Å². The normalized spacial score (nSPS) is 18.2. The van der Waals surface area contributed by atoms with Gasteiger partial charge in [0.1, 0.15) is 0 Å². The summed E-state index contributed by atoms with van der Waals surface area (Å²) in [5, 5.41) is 4.33. The van der Waals surface area contributed by atoms with Crippen LogP contribution < -0.4 is 4.90 Å². The van der Waals surface area contributed by atoms with Gasteiger partial charge in [-0.1, -0.05) is 78.0 Å². The molecule has 0 spiro atoms. The molecule has 32 heavy (non-hydrogen) atoms. The molecular weight excluding hydrogens is 400 g/mol. The molecule has 5 heteroatoms. The van der Waals surface area contributed by atoms with Crippen LogP contribution in [0.1, 0.15) is 39.0 Å². The molecule has 1 unspecified atom stereocenters. The monoisotopic (exact) mass is 424 g/mol. The Labute approximate surface area is 187 Å². The zero-order chi connectivity index (χ0) is 21.9. The standard InChI is InChI=1S/C27H24N2O3/c1-31-18-19-10-12-21(13-11-19)25-16-23(32-28-25)17-29-26-9-5-3-7-22(26)15-14-20-6-2-4-8-24(20)27(29)30/h2-15,23H,16-18H2,1H3/b15-14-. The summed E-state index contributed by atoms with van der Waals surface area (Å²) in [7, 11) is 1.69. The summed E-state index contributed by atoms with van der Waals surface area (Å²) < 4.78 is 5.18. The zero-order valence-corrected chi connectivity index (χ0v) is 17.9. The lowest BCUT2D eigenvalue weighted by Crippen LogP contribution is -2.39. The third-order valence-corrected chi connectivity index (χ3v) is 5.82. The molecule has 0 N–H and O–H groups in total. The van der Waals surface area contributed by atoms with E-state index in [-0.39, 0.29) is 12.0 Å². The number of rotatable bonds is 5. The van der Waals surface area contributed by atoms with Gasteiger partial charge in [-0.3, -0.25) is 4.79 Å². The van der Waals surface area contributed by atoms with E-state index in [1.165, 1.54) is 0 Å². The van der Waals surface area contributed by atoms with Crippen molar-refractivity contribution in [1.82, 2.24) is 0 Å². The lowest BCUT2D eigenvalue weighted by atomic mass is 9.99. The van der Waals surface area contributed by atoms with Crippen molar-refractivity contribution in [2.75, 3.05) is 18.6 Å². The third kappa shape index (κ3) is 3.95. The summed E-state index contributed by atoms with van der Waals surface area (Å²) in [5.74, 6) is -0.0293. The minimum absolute atomic E-state index is 0.0293. The molecule has 0 aliphatic carbocycles. The maximum Gasteiger partial charge on any atom is 0.259 e. The number of hydrogen-bond donors (Lipinski definition) is 0. The molecule has 0 saturated heterocycles. The zero-order valence-electron chi connectivity index (χ0n) is 17.9. The van der Waals surface area contributed by atoms with Gasteiger partial charge in [0.05, 0.1) is 24.6 Å². The van der Waals surface area contributed by atoms with Crippen molar-refractivity contribution in [3.8, 4) is 0 Å². The van der Waals surface area contributed by atoms with Crippen LogP contribution in [0.25, 0.3) is 12.2 Å². The average molecular weight is 425 g/mol. The second-order valence-corrected chi connectivity index (χ2v) is 7.99. The molecule has 2 heterocycles. The number of anilines is 1. The Morgan fingerprint density at radius 2 is 1.69 bits per heavy atom. The summed E-state index contributed by atoms with van der Waals surface area (Å²) in [4.78, 5) is 21.2. The second kappa shape index (κ2) is 8.81. The summed E-state index contributed by atoms with van der Waals surface area (Å²) in [6.45, 7) is 1.01. The van der Waals surface area contributed by atoms with Gasteiger partial charge in [-0.2, -0.15) is 0 Å². The Kier molecular flexibility index (Phi) is 5.57. The van der Waals surface area contributed by atoms with Crippen molar-refractivity contribution < 1.29 is 14.4 Å². The molecule has 5 rings (SSSR count). The van der Waals surface area contributed by atoms with Crippen molar-refractivity contribution in [1.29, 1.82) is 0 Å². The molecule has 160 valence electrons. The van der Waals surface area contributed by atoms with E-state index in [4.69, 9.17) is 9.57 Å². The van der Waals surface area contributed by atoms with E-state index in [9.17, 15) is 4.79 Å². The molecule has 3 aromatic rings. The van der Waals surface area contributed by atoms with Crippen molar-refractivity contribution in [2.45, 2.75) is 19.1 Å². The predicted molar refractivity (Wildman–Crippen MR) is 127 cm³/mol. The molecule has 2 aliphatic rings. The minimum Gasteiger partial charge on any atom is -0.390 e. The Morgan fingerprint density at radius 3 is 2.50 bits per heavy atom. The van der Waals surface area contributed by atoms with Gasteiger partial charge in [0.15, 0.2) is 6.10 Å². The highest BCUT2D eigenvalue weighted by atomic mass is 16.6. The first-order valence-corrected chi connectivity index (χ1v) is 10.7. The molecule has 0 bridgehead atoms. The molecule has 0 aromatic heterocycles. The highest BCUT2D eigenvalue weighted by molar-refractivity contribution is 6.11. The third-order valence-electron chi connectivity index (χ3n) is 5.82. The summed E-state index contributed by atoms with van der Waals surface area (Å²) >= 11 is 0. The minimum atomic E-state index is -0.212. The van der Waals surface area contributed by atoms with Gasteiger partial charge in [0.25, 0.3) is 5.91 Å². The molecule has 2 aliphatic heterocycles. The average Bonchev–Trinajstić information content (AvgIpc) is 3.30. The summed E-state index contributed by atoms with van der Waals surface area (Å²) in [5.41, 5.74) is 6.52. The number of carbonyl (C=O) groups is 1. The number of oxime groups is 1. The molecule has 0 fully saturated rings. The van der Waals surface area contributed by atoms with E-state index in [1.807, 2.05) is 83.8 Å². The fourth-order valence-corrected chi connectivity index (χ4v) is 4.19. The van der Waals surface area contributed by atoms with Gasteiger partial charge in [-0.05, 0) is 34.4 Å².